The highest BCUT2D eigenvalue weighted by molar-refractivity contribution is 9.10. The molecule has 0 saturated carbocycles. The zero-order valence-electron chi connectivity index (χ0n) is 9.68. The van der Waals surface area contributed by atoms with E-state index in [1.165, 1.54) is 11.3 Å². The Hall–Kier alpha value is -0.880. The van der Waals surface area contributed by atoms with E-state index in [0.29, 0.717) is 0 Å². The summed E-state index contributed by atoms with van der Waals surface area (Å²) >= 11 is 7.07. The second kappa shape index (κ2) is 5.01. The van der Waals surface area contributed by atoms with Crippen molar-refractivity contribution in [2.75, 3.05) is 11.4 Å². The van der Waals surface area contributed by atoms with E-state index < -0.39 is 0 Å². The maximum absolute atomic E-state index is 4.16. The summed E-state index contributed by atoms with van der Waals surface area (Å²) in [6, 6.07) is 6.40. The Bertz CT molecular complexity index is 567. The summed E-state index contributed by atoms with van der Waals surface area (Å²) in [6.07, 6.45) is 1.81. The number of anilines is 1. The van der Waals surface area contributed by atoms with Crippen LogP contribution in [0.5, 0.6) is 0 Å². The van der Waals surface area contributed by atoms with Crippen LogP contribution < -0.4 is 4.90 Å². The highest BCUT2D eigenvalue weighted by atomic mass is 79.9. The zero-order valence-corrected chi connectivity index (χ0v) is 12.9. The molecule has 0 amide bonds. The lowest BCUT2D eigenvalue weighted by molar-refractivity contribution is 0.559. The van der Waals surface area contributed by atoms with E-state index in [4.69, 9.17) is 0 Å². The SMILES string of the molecule is BrCc1cc(Br)ccc1N1CCn2cnnc2C1. The van der Waals surface area contributed by atoms with Gasteiger partial charge in [0.1, 0.15) is 6.33 Å². The number of rotatable bonds is 2. The Labute approximate surface area is 122 Å². The fourth-order valence-electron chi connectivity index (χ4n) is 2.24. The summed E-state index contributed by atoms with van der Waals surface area (Å²) in [5.74, 6) is 1.03. The van der Waals surface area contributed by atoms with Gasteiger partial charge in [0, 0.05) is 28.6 Å². The lowest BCUT2D eigenvalue weighted by atomic mass is 10.1. The summed E-state index contributed by atoms with van der Waals surface area (Å²) in [5.41, 5.74) is 2.56. The van der Waals surface area contributed by atoms with Crippen LogP contribution in [0.25, 0.3) is 0 Å². The molecule has 4 nitrogen and oxygen atoms in total. The molecule has 3 rings (SSSR count). The quantitative estimate of drug-likeness (QED) is 0.761. The van der Waals surface area contributed by atoms with Gasteiger partial charge in [-0.15, -0.1) is 10.2 Å². The third-order valence-corrected chi connectivity index (χ3v) is 4.26. The van der Waals surface area contributed by atoms with Gasteiger partial charge in [-0.1, -0.05) is 31.9 Å². The molecule has 18 heavy (non-hydrogen) atoms. The number of hydrogen-bond donors (Lipinski definition) is 0. The van der Waals surface area contributed by atoms with Crippen molar-refractivity contribution in [1.82, 2.24) is 14.8 Å². The second-order valence-corrected chi connectivity index (χ2v) is 5.75. The molecule has 2 aromatic rings. The van der Waals surface area contributed by atoms with Crippen LogP contribution in [-0.4, -0.2) is 21.3 Å². The van der Waals surface area contributed by atoms with Crippen molar-refractivity contribution in [3.05, 3.63) is 40.4 Å². The predicted molar refractivity (Wildman–Crippen MR) is 77.8 cm³/mol. The van der Waals surface area contributed by atoms with Crippen LogP contribution in [-0.2, 0) is 18.4 Å². The van der Waals surface area contributed by atoms with Crippen molar-refractivity contribution in [3.63, 3.8) is 0 Å². The number of alkyl halides is 1. The topological polar surface area (TPSA) is 34.0 Å². The zero-order chi connectivity index (χ0) is 12.5. The molecule has 0 saturated heterocycles. The average Bonchev–Trinajstić information content (AvgIpc) is 2.85. The number of nitrogens with zero attached hydrogens (tertiary/aromatic N) is 4. The molecule has 0 aliphatic carbocycles. The van der Waals surface area contributed by atoms with Crippen LogP contribution in [0.2, 0.25) is 0 Å². The van der Waals surface area contributed by atoms with Crippen LogP contribution in [0.1, 0.15) is 11.4 Å². The fourth-order valence-corrected chi connectivity index (χ4v) is 3.10. The third kappa shape index (κ3) is 2.19. The van der Waals surface area contributed by atoms with Crippen LogP contribution in [0.4, 0.5) is 5.69 Å². The Morgan fingerprint density at radius 1 is 1.28 bits per heavy atom. The first-order chi connectivity index (χ1) is 8.78. The molecular formula is C12H12Br2N4. The molecule has 0 unspecified atom stereocenters. The van der Waals surface area contributed by atoms with Crippen molar-refractivity contribution in [2.24, 2.45) is 0 Å². The summed E-state index contributed by atoms with van der Waals surface area (Å²) in [5, 5.41) is 8.97. The number of fused-ring (bicyclic) bond motifs is 1. The molecule has 0 atom stereocenters. The number of aromatic nitrogens is 3. The van der Waals surface area contributed by atoms with Crippen molar-refractivity contribution < 1.29 is 0 Å². The minimum atomic E-state index is 0.821. The molecule has 0 fully saturated rings. The van der Waals surface area contributed by atoms with Gasteiger partial charge in [0.05, 0.1) is 6.54 Å². The van der Waals surface area contributed by atoms with Crippen molar-refractivity contribution in [1.29, 1.82) is 0 Å². The van der Waals surface area contributed by atoms with E-state index in [-0.39, 0.29) is 0 Å². The Morgan fingerprint density at radius 3 is 3.00 bits per heavy atom. The number of benzene rings is 1. The lowest BCUT2D eigenvalue weighted by Crippen LogP contribution is -2.34. The minimum Gasteiger partial charge on any atom is -0.362 e. The minimum absolute atomic E-state index is 0.821. The largest absolute Gasteiger partial charge is 0.362 e. The van der Waals surface area contributed by atoms with Crippen molar-refractivity contribution >= 4 is 37.5 Å². The summed E-state index contributed by atoms with van der Waals surface area (Å²) in [6.45, 7) is 2.76. The highest BCUT2D eigenvalue weighted by Crippen LogP contribution is 2.28. The van der Waals surface area contributed by atoms with Gasteiger partial charge in [-0.3, -0.25) is 0 Å². The first kappa shape index (κ1) is 12.2. The van der Waals surface area contributed by atoms with E-state index in [9.17, 15) is 0 Å². The molecule has 0 radical (unpaired) electrons. The van der Waals surface area contributed by atoms with Crippen LogP contribution in [0.15, 0.2) is 29.0 Å². The molecule has 2 heterocycles. The van der Waals surface area contributed by atoms with Crippen LogP contribution in [0, 0.1) is 0 Å². The van der Waals surface area contributed by atoms with Gasteiger partial charge < -0.3 is 9.47 Å². The van der Waals surface area contributed by atoms with Crippen molar-refractivity contribution in [3.8, 4) is 0 Å². The van der Waals surface area contributed by atoms with Crippen LogP contribution in [0.3, 0.4) is 0 Å². The van der Waals surface area contributed by atoms with E-state index in [2.05, 4.69) is 69.7 Å². The lowest BCUT2D eigenvalue weighted by Gasteiger charge is -2.30. The third-order valence-electron chi connectivity index (χ3n) is 3.17. The molecule has 1 aliphatic heterocycles. The van der Waals surface area contributed by atoms with Gasteiger partial charge in [0.25, 0.3) is 0 Å². The fraction of sp³-hybridized carbons (Fsp3) is 0.333. The molecule has 1 aromatic carbocycles. The molecule has 1 aromatic heterocycles. The maximum Gasteiger partial charge on any atom is 0.152 e. The smallest absolute Gasteiger partial charge is 0.152 e. The van der Waals surface area contributed by atoms with Gasteiger partial charge in [-0.05, 0) is 23.8 Å². The molecule has 0 spiro atoms. The van der Waals surface area contributed by atoms with Gasteiger partial charge in [0.15, 0.2) is 5.82 Å². The predicted octanol–water partition coefficient (Wildman–Crippen LogP) is 2.96. The van der Waals surface area contributed by atoms with E-state index >= 15 is 0 Å². The van der Waals surface area contributed by atoms with Gasteiger partial charge >= 0.3 is 0 Å². The van der Waals surface area contributed by atoms with Crippen LogP contribution >= 0.6 is 31.9 Å². The second-order valence-electron chi connectivity index (χ2n) is 4.27. The first-order valence-electron chi connectivity index (χ1n) is 5.74. The van der Waals surface area contributed by atoms with Gasteiger partial charge in [-0.2, -0.15) is 0 Å². The summed E-state index contributed by atoms with van der Waals surface area (Å²) in [7, 11) is 0. The molecule has 0 N–H and O–H groups in total. The Morgan fingerprint density at radius 2 is 2.17 bits per heavy atom. The van der Waals surface area contributed by atoms with Gasteiger partial charge in [0.2, 0.25) is 0 Å². The Kier molecular flexibility index (Phi) is 3.39. The molecular weight excluding hydrogens is 360 g/mol. The molecule has 6 heteroatoms. The Balaban J connectivity index is 1.93. The standard InChI is InChI=1S/C12H12Br2N4/c13-6-9-5-10(14)1-2-11(9)17-3-4-18-8-15-16-12(18)7-17/h1-2,5,8H,3-4,6-7H2. The number of hydrogen-bond acceptors (Lipinski definition) is 3. The number of halogens is 2. The van der Waals surface area contributed by atoms with E-state index in [1.807, 2.05) is 0 Å². The summed E-state index contributed by atoms with van der Waals surface area (Å²) < 4.78 is 3.23. The maximum atomic E-state index is 4.16. The van der Waals surface area contributed by atoms with E-state index in [1.54, 1.807) is 6.33 Å². The molecule has 0 bridgehead atoms. The normalized spacial score (nSPS) is 14.7. The van der Waals surface area contributed by atoms with Gasteiger partial charge in [-0.25, -0.2) is 0 Å². The molecule has 94 valence electrons. The average molecular weight is 372 g/mol. The van der Waals surface area contributed by atoms with Crippen molar-refractivity contribution in [2.45, 2.75) is 18.4 Å². The van der Waals surface area contributed by atoms with E-state index in [0.717, 1.165) is 35.3 Å². The monoisotopic (exact) mass is 370 g/mol. The first-order valence-corrected chi connectivity index (χ1v) is 7.65. The highest BCUT2D eigenvalue weighted by Gasteiger charge is 2.19. The summed E-state index contributed by atoms with van der Waals surface area (Å²) in [4.78, 5) is 2.35. The molecule has 1 aliphatic rings.